The molecule has 0 atom stereocenters. The van der Waals surface area contributed by atoms with Crippen LogP contribution in [-0.2, 0) is 15.0 Å². The molecule has 0 bridgehead atoms. The fourth-order valence-corrected chi connectivity index (χ4v) is 1.70. The number of amides is 2. The minimum atomic E-state index is -0.275. The van der Waals surface area contributed by atoms with E-state index in [9.17, 15) is 9.59 Å². The second-order valence-corrected chi connectivity index (χ2v) is 5.77. The molecule has 0 heterocycles. The summed E-state index contributed by atoms with van der Waals surface area (Å²) in [6, 6.07) is 7.73. The topological polar surface area (TPSA) is 49.4 Å². The Kier molecular flexibility index (Phi) is 5.08. The Labute approximate surface area is 120 Å². The third-order valence-corrected chi connectivity index (χ3v) is 2.97. The van der Waals surface area contributed by atoms with Gasteiger partial charge in [-0.25, -0.2) is 0 Å². The van der Waals surface area contributed by atoms with Crippen molar-refractivity contribution >= 4 is 17.5 Å². The molecular formula is C16H22N2O2. The number of rotatable bonds is 4. The van der Waals surface area contributed by atoms with Crippen LogP contribution < -0.4 is 5.32 Å². The van der Waals surface area contributed by atoms with Crippen LogP contribution in [-0.4, -0.2) is 30.3 Å². The number of nitrogens with zero attached hydrogens (tertiary/aromatic N) is 1. The predicted molar refractivity (Wildman–Crippen MR) is 81.6 cm³/mol. The smallest absolute Gasteiger partial charge is 0.246 e. The summed E-state index contributed by atoms with van der Waals surface area (Å²) in [5.74, 6) is -0.505. The van der Waals surface area contributed by atoms with Crippen molar-refractivity contribution in [2.45, 2.75) is 26.2 Å². The van der Waals surface area contributed by atoms with Gasteiger partial charge in [0.05, 0.1) is 6.54 Å². The summed E-state index contributed by atoms with van der Waals surface area (Å²) in [7, 11) is 1.56. The van der Waals surface area contributed by atoms with Crippen LogP contribution in [0.4, 0.5) is 5.69 Å². The lowest BCUT2D eigenvalue weighted by Gasteiger charge is -2.19. The Morgan fingerprint density at radius 1 is 1.25 bits per heavy atom. The molecule has 0 saturated carbocycles. The van der Waals surface area contributed by atoms with Crippen molar-refractivity contribution < 1.29 is 9.59 Å². The summed E-state index contributed by atoms with van der Waals surface area (Å²) in [6.45, 7) is 9.79. The highest BCUT2D eigenvalue weighted by atomic mass is 16.2. The van der Waals surface area contributed by atoms with E-state index in [1.165, 1.54) is 16.5 Å². The van der Waals surface area contributed by atoms with Gasteiger partial charge in [-0.2, -0.15) is 0 Å². The predicted octanol–water partition coefficient (Wildman–Crippen LogP) is 2.57. The van der Waals surface area contributed by atoms with E-state index < -0.39 is 0 Å². The molecule has 1 N–H and O–H groups in total. The molecule has 1 aromatic carbocycles. The van der Waals surface area contributed by atoms with Crippen LogP contribution in [0.3, 0.4) is 0 Å². The third kappa shape index (κ3) is 4.53. The van der Waals surface area contributed by atoms with Gasteiger partial charge in [-0.3, -0.25) is 9.59 Å². The van der Waals surface area contributed by atoms with E-state index >= 15 is 0 Å². The van der Waals surface area contributed by atoms with Crippen molar-refractivity contribution in [3.05, 3.63) is 42.5 Å². The molecule has 0 radical (unpaired) electrons. The molecule has 0 aromatic heterocycles. The normalized spacial score (nSPS) is 10.8. The Hall–Kier alpha value is -2.10. The quantitative estimate of drug-likeness (QED) is 0.858. The van der Waals surface area contributed by atoms with Gasteiger partial charge < -0.3 is 10.2 Å². The number of carbonyl (C=O) groups is 2. The number of nitrogens with one attached hydrogen (secondary N) is 1. The summed E-state index contributed by atoms with van der Waals surface area (Å²) < 4.78 is 0. The minimum Gasteiger partial charge on any atom is -0.333 e. The lowest BCUT2D eigenvalue weighted by Crippen LogP contribution is -2.33. The zero-order valence-corrected chi connectivity index (χ0v) is 12.6. The van der Waals surface area contributed by atoms with Gasteiger partial charge in [-0.1, -0.05) is 39.5 Å². The molecule has 0 spiro atoms. The molecule has 0 fully saturated rings. The van der Waals surface area contributed by atoms with E-state index in [1.54, 1.807) is 7.05 Å². The maximum Gasteiger partial charge on any atom is 0.246 e. The highest BCUT2D eigenvalue weighted by Crippen LogP contribution is 2.23. The number of benzene rings is 1. The van der Waals surface area contributed by atoms with Crippen molar-refractivity contribution in [3.8, 4) is 0 Å². The van der Waals surface area contributed by atoms with Crippen LogP contribution in [0.25, 0.3) is 0 Å². The van der Waals surface area contributed by atoms with Gasteiger partial charge in [0.15, 0.2) is 0 Å². The zero-order chi connectivity index (χ0) is 15.3. The van der Waals surface area contributed by atoms with E-state index in [1.807, 2.05) is 24.3 Å². The molecule has 4 nitrogen and oxygen atoms in total. The fourth-order valence-electron chi connectivity index (χ4n) is 1.70. The summed E-state index contributed by atoms with van der Waals surface area (Å²) in [4.78, 5) is 24.4. The third-order valence-electron chi connectivity index (χ3n) is 2.97. The van der Waals surface area contributed by atoms with E-state index in [4.69, 9.17) is 0 Å². The Morgan fingerprint density at radius 3 is 2.25 bits per heavy atom. The maximum absolute atomic E-state index is 11.8. The molecular weight excluding hydrogens is 252 g/mol. The van der Waals surface area contributed by atoms with Crippen molar-refractivity contribution in [2.75, 3.05) is 18.9 Å². The first kappa shape index (κ1) is 16.0. The van der Waals surface area contributed by atoms with Crippen LogP contribution in [0.5, 0.6) is 0 Å². The van der Waals surface area contributed by atoms with Crippen molar-refractivity contribution in [3.63, 3.8) is 0 Å². The van der Waals surface area contributed by atoms with Gasteiger partial charge in [0.2, 0.25) is 11.8 Å². The molecule has 1 rings (SSSR count). The lowest BCUT2D eigenvalue weighted by atomic mass is 9.87. The van der Waals surface area contributed by atoms with E-state index in [0.717, 1.165) is 5.69 Å². The van der Waals surface area contributed by atoms with E-state index in [0.29, 0.717) is 0 Å². The summed E-state index contributed by atoms with van der Waals surface area (Å²) in [5, 5.41) is 2.76. The largest absolute Gasteiger partial charge is 0.333 e. The van der Waals surface area contributed by atoms with Gasteiger partial charge in [-0.05, 0) is 29.2 Å². The molecule has 0 unspecified atom stereocenters. The Morgan fingerprint density at radius 2 is 1.80 bits per heavy atom. The number of carbonyl (C=O) groups excluding carboxylic acids is 2. The molecule has 0 aliphatic carbocycles. The molecule has 20 heavy (non-hydrogen) atoms. The van der Waals surface area contributed by atoms with Gasteiger partial charge in [0.1, 0.15) is 0 Å². The maximum atomic E-state index is 11.8. The fraction of sp³-hybridized carbons (Fsp3) is 0.375. The van der Waals surface area contributed by atoms with Gasteiger partial charge in [0.25, 0.3) is 0 Å². The Balaban J connectivity index is 2.63. The monoisotopic (exact) mass is 274 g/mol. The molecule has 0 aliphatic rings. The Bertz CT molecular complexity index is 498. The number of hydrogen-bond acceptors (Lipinski definition) is 2. The second-order valence-electron chi connectivity index (χ2n) is 5.77. The first-order valence-corrected chi connectivity index (χ1v) is 6.52. The number of hydrogen-bond donors (Lipinski definition) is 1. The molecule has 2 amide bonds. The van der Waals surface area contributed by atoms with Crippen LogP contribution in [0.2, 0.25) is 0 Å². The van der Waals surface area contributed by atoms with Gasteiger partial charge >= 0.3 is 0 Å². The van der Waals surface area contributed by atoms with Crippen molar-refractivity contribution in [2.24, 2.45) is 0 Å². The standard InChI is InChI=1S/C16H22N2O2/c1-6-15(20)18(5)11-14(19)17-13-9-7-12(8-10-13)16(2,3)4/h6-10H,1,11H2,2-5H3,(H,17,19). The number of anilines is 1. The number of likely N-dealkylation sites (N-methyl/N-ethyl adjacent to an activating group) is 1. The molecule has 0 saturated heterocycles. The lowest BCUT2D eigenvalue weighted by molar-refractivity contribution is -0.129. The highest BCUT2D eigenvalue weighted by Gasteiger charge is 2.14. The molecule has 1 aromatic rings. The molecule has 108 valence electrons. The first-order chi connectivity index (χ1) is 9.24. The van der Waals surface area contributed by atoms with Crippen LogP contribution in [0.15, 0.2) is 36.9 Å². The van der Waals surface area contributed by atoms with Crippen molar-refractivity contribution in [1.29, 1.82) is 0 Å². The molecule has 4 heteroatoms. The summed E-state index contributed by atoms with van der Waals surface area (Å²) in [6.07, 6.45) is 1.19. The average Bonchev–Trinajstić information content (AvgIpc) is 2.37. The SMILES string of the molecule is C=CC(=O)N(C)CC(=O)Nc1ccc(C(C)(C)C)cc1. The van der Waals surface area contributed by atoms with E-state index in [-0.39, 0.29) is 23.8 Å². The van der Waals surface area contributed by atoms with Crippen molar-refractivity contribution in [1.82, 2.24) is 4.90 Å². The second kappa shape index (κ2) is 6.37. The van der Waals surface area contributed by atoms with Crippen LogP contribution in [0.1, 0.15) is 26.3 Å². The average molecular weight is 274 g/mol. The van der Waals surface area contributed by atoms with E-state index in [2.05, 4.69) is 32.7 Å². The zero-order valence-electron chi connectivity index (χ0n) is 12.6. The van der Waals surface area contributed by atoms with Crippen LogP contribution in [0, 0.1) is 0 Å². The van der Waals surface area contributed by atoms with Gasteiger partial charge in [-0.15, -0.1) is 0 Å². The first-order valence-electron chi connectivity index (χ1n) is 6.52. The molecule has 0 aliphatic heterocycles. The summed E-state index contributed by atoms with van der Waals surface area (Å²) >= 11 is 0. The summed E-state index contributed by atoms with van der Waals surface area (Å²) in [5.41, 5.74) is 2.01. The van der Waals surface area contributed by atoms with Gasteiger partial charge in [0, 0.05) is 12.7 Å². The van der Waals surface area contributed by atoms with Crippen LogP contribution >= 0.6 is 0 Å². The minimum absolute atomic E-state index is 0.00583. The highest BCUT2D eigenvalue weighted by molar-refractivity contribution is 5.96.